The molecule has 1 atom stereocenters. The normalized spacial score (nSPS) is 13.5. The van der Waals surface area contributed by atoms with Crippen molar-refractivity contribution in [2.45, 2.75) is 68.0 Å². The van der Waals surface area contributed by atoms with Crippen molar-refractivity contribution in [1.82, 2.24) is 9.88 Å². The number of amides is 1. The molecule has 1 heterocycles. The van der Waals surface area contributed by atoms with Gasteiger partial charge in [-0.1, -0.05) is 78.6 Å². The zero-order valence-corrected chi connectivity index (χ0v) is 21.6. The second kappa shape index (κ2) is 9.52. The second-order valence-electron chi connectivity index (χ2n) is 10.9. The number of aromatic nitrogens is 1. The number of carbonyl (C=O) groups is 1. The van der Waals surface area contributed by atoms with E-state index in [4.69, 9.17) is 27.9 Å². The highest BCUT2D eigenvalue weighted by molar-refractivity contribution is 6.42. The highest BCUT2D eigenvalue weighted by Gasteiger charge is 2.35. The van der Waals surface area contributed by atoms with E-state index in [9.17, 15) is 14.7 Å². The Kier molecular flexibility index (Phi) is 7.83. The van der Waals surface area contributed by atoms with Crippen LogP contribution in [0.1, 0.15) is 67.1 Å². The molecule has 6 nitrogen and oxygen atoms in total. The van der Waals surface area contributed by atoms with Crippen molar-refractivity contribution in [2.75, 3.05) is 6.61 Å². The quantitative estimate of drug-likeness (QED) is 0.475. The summed E-state index contributed by atoms with van der Waals surface area (Å²) in [6, 6.07) is 2.47. The minimum Gasteiger partial charge on any atom is -0.491 e. The molecule has 0 fully saturated rings. The van der Waals surface area contributed by atoms with E-state index >= 15 is 0 Å². The van der Waals surface area contributed by atoms with Crippen LogP contribution in [0.25, 0.3) is 10.8 Å². The van der Waals surface area contributed by atoms with Crippen LogP contribution < -0.4 is 15.6 Å². The van der Waals surface area contributed by atoms with E-state index < -0.39 is 17.6 Å². The van der Waals surface area contributed by atoms with Gasteiger partial charge in [-0.25, -0.2) is 4.79 Å². The first kappa shape index (κ1) is 26.3. The lowest BCUT2D eigenvalue weighted by Gasteiger charge is -2.35. The van der Waals surface area contributed by atoms with E-state index in [1.165, 1.54) is 0 Å². The number of halogens is 2. The molecule has 0 spiro atoms. The number of carboxylic acid groups (broad SMARTS) is 1. The lowest BCUT2D eigenvalue weighted by Crippen LogP contribution is -2.41. The Morgan fingerprint density at radius 3 is 2.06 bits per heavy atom. The van der Waals surface area contributed by atoms with E-state index in [2.05, 4.69) is 5.32 Å². The predicted molar refractivity (Wildman–Crippen MR) is 131 cm³/mol. The van der Waals surface area contributed by atoms with E-state index in [1.54, 1.807) is 16.7 Å². The number of fused-ring (bicyclic) bond motifs is 1. The second-order valence-corrected chi connectivity index (χ2v) is 11.7. The number of rotatable bonds is 6. The first-order valence-corrected chi connectivity index (χ1v) is 11.5. The van der Waals surface area contributed by atoms with Gasteiger partial charge in [0.15, 0.2) is 0 Å². The molecule has 1 aromatic heterocycles. The molecular weight excluding hydrogens is 451 g/mol. The van der Waals surface area contributed by atoms with Crippen molar-refractivity contribution >= 4 is 40.1 Å². The van der Waals surface area contributed by atoms with Crippen LogP contribution in [-0.4, -0.2) is 22.4 Å². The molecule has 8 heteroatoms. The van der Waals surface area contributed by atoms with Gasteiger partial charge in [-0.2, -0.15) is 0 Å². The number of ether oxygens (including phenoxy) is 1. The predicted octanol–water partition coefficient (Wildman–Crippen LogP) is 6.74. The van der Waals surface area contributed by atoms with E-state index in [1.807, 2.05) is 55.4 Å². The molecule has 0 bridgehead atoms. The third-order valence-corrected chi connectivity index (χ3v) is 5.63. The van der Waals surface area contributed by atoms with E-state index in [-0.39, 0.29) is 21.9 Å². The first-order chi connectivity index (χ1) is 14.5. The van der Waals surface area contributed by atoms with Gasteiger partial charge >= 0.3 is 6.09 Å². The Balaban J connectivity index is 3.09. The van der Waals surface area contributed by atoms with Gasteiger partial charge in [0.25, 0.3) is 5.56 Å². The summed E-state index contributed by atoms with van der Waals surface area (Å²) in [5.41, 5.74) is -0.582. The maximum absolute atomic E-state index is 13.7. The summed E-state index contributed by atoms with van der Waals surface area (Å²) in [6.07, 6.45) is -1.18. The fourth-order valence-electron chi connectivity index (χ4n) is 3.57. The Labute approximate surface area is 199 Å². The van der Waals surface area contributed by atoms with Gasteiger partial charge in [-0.3, -0.25) is 4.79 Å². The summed E-state index contributed by atoms with van der Waals surface area (Å²) in [7, 11) is 0. The molecule has 2 aromatic rings. The minimum atomic E-state index is -1.18. The molecule has 1 amide bonds. The minimum absolute atomic E-state index is 0.212. The Morgan fingerprint density at radius 2 is 1.62 bits per heavy atom. The fourth-order valence-corrected chi connectivity index (χ4v) is 3.89. The smallest absolute Gasteiger partial charge is 0.405 e. The molecule has 0 aliphatic carbocycles. The van der Waals surface area contributed by atoms with Gasteiger partial charge < -0.3 is 19.7 Å². The number of nitrogens with zero attached hydrogens (tertiary/aromatic N) is 1. The Hall–Kier alpha value is -1.92. The van der Waals surface area contributed by atoms with Gasteiger partial charge in [0.2, 0.25) is 0 Å². The van der Waals surface area contributed by atoms with Crippen molar-refractivity contribution in [3.05, 3.63) is 38.2 Å². The molecule has 32 heavy (non-hydrogen) atoms. The summed E-state index contributed by atoms with van der Waals surface area (Å²) in [5, 5.41) is 13.7. The summed E-state index contributed by atoms with van der Waals surface area (Å²) < 4.78 is 7.91. The van der Waals surface area contributed by atoms with Crippen molar-refractivity contribution in [3.8, 4) is 5.75 Å². The van der Waals surface area contributed by atoms with E-state index in [0.717, 1.165) is 0 Å². The highest BCUT2D eigenvalue weighted by atomic mass is 35.5. The zero-order chi connectivity index (χ0) is 24.6. The van der Waals surface area contributed by atoms with Crippen LogP contribution in [0.4, 0.5) is 4.79 Å². The SMILES string of the molecule is CC(C)COc1c(C(NC(=O)O)C(C)(C)C)n(CC(C)(C)C)c(=O)c2cc(Cl)c(Cl)cc12. The highest BCUT2D eigenvalue weighted by Crippen LogP contribution is 2.42. The number of pyridine rings is 1. The molecule has 178 valence electrons. The molecule has 2 rings (SSSR count). The van der Waals surface area contributed by atoms with Gasteiger partial charge in [0.1, 0.15) is 5.75 Å². The van der Waals surface area contributed by atoms with Crippen LogP contribution in [0.5, 0.6) is 5.75 Å². The molecule has 0 aliphatic heterocycles. The fraction of sp³-hybridized carbons (Fsp3) is 0.583. The molecule has 0 radical (unpaired) electrons. The average molecular weight is 485 g/mol. The summed E-state index contributed by atoms with van der Waals surface area (Å²) >= 11 is 12.6. The van der Waals surface area contributed by atoms with Gasteiger partial charge in [-0.15, -0.1) is 0 Å². The van der Waals surface area contributed by atoms with Crippen LogP contribution in [-0.2, 0) is 6.54 Å². The largest absolute Gasteiger partial charge is 0.491 e. The molecule has 0 aliphatic rings. The topological polar surface area (TPSA) is 80.6 Å². The third kappa shape index (κ3) is 6.10. The average Bonchev–Trinajstić information content (AvgIpc) is 2.60. The molecule has 1 unspecified atom stereocenters. The van der Waals surface area contributed by atoms with Crippen molar-refractivity contribution in [1.29, 1.82) is 0 Å². The number of hydrogen-bond acceptors (Lipinski definition) is 3. The number of nitrogens with one attached hydrogen (secondary N) is 1. The van der Waals surface area contributed by atoms with Crippen molar-refractivity contribution < 1.29 is 14.6 Å². The van der Waals surface area contributed by atoms with Crippen LogP contribution in [0, 0.1) is 16.7 Å². The van der Waals surface area contributed by atoms with Crippen molar-refractivity contribution in [2.24, 2.45) is 16.7 Å². The van der Waals surface area contributed by atoms with Crippen LogP contribution in [0.3, 0.4) is 0 Å². The van der Waals surface area contributed by atoms with Crippen LogP contribution >= 0.6 is 23.2 Å². The number of hydrogen-bond donors (Lipinski definition) is 2. The summed E-state index contributed by atoms with van der Waals surface area (Å²) in [5.74, 6) is 0.661. The Morgan fingerprint density at radius 1 is 1.09 bits per heavy atom. The van der Waals surface area contributed by atoms with Crippen molar-refractivity contribution in [3.63, 3.8) is 0 Å². The summed E-state index contributed by atoms with van der Waals surface area (Å²) in [4.78, 5) is 25.5. The molecular formula is C24H34Cl2N2O4. The Bertz CT molecular complexity index is 1060. The van der Waals surface area contributed by atoms with Gasteiger partial charge in [0, 0.05) is 11.9 Å². The molecule has 0 saturated carbocycles. The lowest BCUT2D eigenvalue weighted by atomic mass is 9.83. The van der Waals surface area contributed by atoms with Gasteiger partial charge in [-0.05, 0) is 28.9 Å². The molecule has 0 saturated heterocycles. The maximum Gasteiger partial charge on any atom is 0.405 e. The van der Waals surface area contributed by atoms with E-state index in [0.29, 0.717) is 40.4 Å². The summed E-state index contributed by atoms with van der Waals surface area (Å²) in [6.45, 7) is 16.6. The number of benzene rings is 1. The standard InChI is InChI=1S/C24H34Cl2N2O4/c1-13(2)11-32-19-14-9-16(25)17(26)10-15(14)21(29)28(12-23(3,4)5)18(19)20(24(6,7)8)27-22(30)31/h9-10,13,20,27H,11-12H2,1-8H3,(H,30,31). The van der Waals surface area contributed by atoms with Crippen LogP contribution in [0.2, 0.25) is 10.0 Å². The third-order valence-electron chi connectivity index (χ3n) is 4.90. The van der Waals surface area contributed by atoms with Crippen LogP contribution in [0.15, 0.2) is 16.9 Å². The zero-order valence-electron chi connectivity index (χ0n) is 20.1. The first-order valence-electron chi connectivity index (χ1n) is 10.7. The molecule has 1 aromatic carbocycles. The molecule has 2 N–H and O–H groups in total. The monoisotopic (exact) mass is 484 g/mol. The lowest BCUT2D eigenvalue weighted by molar-refractivity contribution is 0.168. The van der Waals surface area contributed by atoms with Gasteiger partial charge in [0.05, 0.1) is 33.8 Å². The maximum atomic E-state index is 13.7.